The third-order valence-electron chi connectivity index (χ3n) is 4.23. The van der Waals surface area contributed by atoms with Crippen LogP contribution in [0.5, 0.6) is 0 Å². The molecule has 1 unspecified atom stereocenters. The van der Waals surface area contributed by atoms with Crippen molar-refractivity contribution >= 4 is 0 Å². The van der Waals surface area contributed by atoms with Gasteiger partial charge in [0.15, 0.2) is 0 Å². The average molecular weight is 211 g/mol. The molecule has 0 heterocycles. The van der Waals surface area contributed by atoms with E-state index in [0.717, 1.165) is 11.8 Å². The minimum absolute atomic E-state index is 0.547. The number of hydrogen-bond donors (Lipinski definition) is 1. The third-order valence-corrected chi connectivity index (χ3v) is 4.23. The van der Waals surface area contributed by atoms with E-state index in [0.29, 0.717) is 5.41 Å². The van der Waals surface area contributed by atoms with Crippen molar-refractivity contribution in [3.63, 3.8) is 0 Å². The van der Waals surface area contributed by atoms with Gasteiger partial charge in [0, 0.05) is 6.54 Å². The number of hydrogen-bond acceptors (Lipinski definition) is 1. The minimum Gasteiger partial charge on any atom is -0.316 e. The summed E-state index contributed by atoms with van der Waals surface area (Å²) >= 11 is 0. The molecule has 1 N–H and O–H groups in total. The molecular formula is C14H29N. The fraction of sp³-hybridized carbons (Fsp3) is 1.00. The van der Waals surface area contributed by atoms with Gasteiger partial charge in [0.2, 0.25) is 0 Å². The van der Waals surface area contributed by atoms with Gasteiger partial charge >= 0.3 is 0 Å². The Labute approximate surface area is 96.0 Å². The molecule has 1 aliphatic carbocycles. The summed E-state index contributed by atoms with van der Waals surface area (Å²) in [6, 6.07) is 0. The van der Waals surface area contributed by atoms with Crippen molar-refractivity contribution < 1.29 is 0 Å². The van der Waals surface area contributed by atoms with Crippen molar-refractivity contribution in [3.05, 3.63) is 0 Å². The zero-order chi connectivity index (χ0) is 11.3. The molecule has 0 amide bonds. The highest BCUT2D eigenvalue weighted by Crippen LogP contribution is 2.41. The monoisotopic (exact) mass is 211 g/mol. The number of nitrogens with one attached hydrogen (secondary N) is 1. The van der Waals surface area contributed by atoms with Gasteiger partial charge in [0.25, 0.3) is 0 Å². The molecule has 1 heteroatoms. The SMILES string of the molecule is CCC(C)(CNCC(C)C)C1CCCC1. The molecule has 90 valence electrons. The molecule has 0 saturated heterocycles. The second-order valence-electron chi connectivity index (χ2n) is 6.01. The van der Waals surface area contributed by atoms with E-state index >= 15 is 0 Å². The average Bonchev–Trinajstić information content (AvgIpc) is 2.70. The summed E-state index contributed by atoms with van der Waals surface area (Å²) in [5.74, 6) is 1.75. The molecule has 0 aromatic rings. The molecule has 0 radical (unpaired) electrons. The Balaban J connectivity index is 2.37. The second kappa shape index (κ2) is 5.89. The highest BCUT2D eigenvalue weighted by molar-refractivity contribution is 4.86. The van der Waals surface area contributed by atoms with Crippen LogP contribution >= 0.6 is 0 Å². The van der Waals surface area contributed by atoms with E-state index in [-0.39, 0.29) is 0 Å². The van der Waals surface area contributed by atoms with Gasteiger partial charge in [0.05, 0.1) is 0 Å². The standard InChI is InChI=1S/C14H29N/c1-5-14(4,11-15-10-12(2)3)13-8-6-7-9-13/h12-13,15H,5-11H2,1-4H3. The summed E-state index contributed by atoms with van der Waals surface area (Å²) in [5, 5.41) is 3.65. The summed E-state index contributed by atoms with van der Waals surface area (Å²) in [6.45, 7) is 11.8. The fourth-order valence-corrected chi connectivity index (χ4v) is 2.83. The summed E-state index contributed by atoms with van der Waals surface area (Å²) in [6.07, 6.45) is 7.18. The topological polar surface area (TPSA) is 12.0 Å². The first-order valence-corrected chi connectivity index (χ1v) is 6.79. The zero-order valence-corrected chi connectivity index (χ0v) is 11.1. The van der Waals surface area contributed by atoms with E-state index in [4.69, 9.17) is 0 Å². The van der Waals surface area contributed by atoms with Crippen LogP contribution in [0.3, 0.4) is 0 Å². The van der Waals surface area contributed by atoms with Crippen LogP contribution in [0.2, 0.25) is 0 Å². The zero-order valence-electron chi connectivity index (χ0n) is 11.1. The van der Waals surface area contributed by atoms with Crippen molar-refractivity contribution in [1.29, 1.82) is 0 Å². The maximum absolute atomic E-state index is 3.65. The van der Waals surface area contributed by atoms with Crippen molar-refractivity contribution in [1.82, 2.24) is 5.32 Å². The van der Waals surface area contributed by atoms with Gasteiger partial charge in [-0.1, -0.05) is 40.5 Å². The predicted octanol–water partition coefficient (Wildman–Crippen LogP) is 3.84. The Hall–Kier alpha value is -0.0400. The van der Waals surface area contributed by atoms with Crippen molar-refractivity contribution in [2.75, 3.05) is 13.1 Å². The largest absolute Gasteiger partial charge is 0.316 e. The minimum atomic E-state index is 0.547. The van der Waals surface area contributed by atoms with Gasteiger partial charge in [-0.25, -0.2) is 0 Å². The Morgan fingerprint density at radius 1 is 1.27 bits per heavy atom. The smallest absolute Gasteiger partial charge is 0.000782 e. The van der Waals surface area contributed by atoms with E-state index in [1.165, 1.54) is 45.2 Å². The van der Waals surface area contributed by atoms with Gasteiger partial charge in [-0.05, 0) is 43.1 Å². The van der Waals surface area contributed by atoms with Gasteiger partial charge < -0.3 is 5.32 Å². The first kappa shape index (κ1) is 13.0. The van der Waals surface area contributed by atoms with E-state index < -0.39 is 0 Å². The van der Waals surface area contributed by atoms with Crippen molar-refractivity contribution in [3.8, 4) is 0 Å². The van der Waals surface area contributed by atoms with E-state index in [9.17, 15) is 0 Å². The lowest BCUT2D eigenvalue weighted by Crippen LogP contribution is -2.38. The van der Waals surface area contributed by atoms with Crippen LogP contribution in [0, 0.1) is 17.3 Å². The van der Waals surface area contributed by atoms with Gasteiger partial charge in [-0.3, -0.25) is 0 Å². The van der Waals surface area contributed by atoms with Crippen LogP contribution in [0.15, 0.2) is 0 Å². The molecule has 1 nitrogen and oxygen atoms in total. The fourth-order valence-electron chi connectivity index (χ4n) is 2.83. The molecule has 1 rings (SSSR count). The summed E-state index contributed by atoms with van der Waals surface area (Å²) < 4.78 is 0. The molecule has 1 saturated carbocycles. The van der Waals surface area contributed by atoms with Crippen LogP contribution in [0.25, 0.3) is 0 Å². The van der Waals surface area contributed by atoms with Crippen LogP contribution in [0.1, 0.15) is 59.8 Å². The molecule has 0 bridgehead atoms. The van der Waals surface area contributed by atoms with Crippen LogP contribution < -0.4 is 5.32 Å². The van der Waals surface area contributed by atoms with Gasteiger partial charge in [-0.15, -0.1) is 0 Å². The van der Waals surface area contributed by atoms with E-state index in [2.05, 4.69) is 33.0 Å². The Kier molecular flexibility index (Phi) is 5.11. The first-order valence-electron chi connectivity index (χ1n) is 6.79. The quantitative estimate of drug-likeness (QED) is 0.704. The summed E-state index contributed by atoms with van der Waals surface area (Å²) in [7, 11) is 0. The molecule has 1 aliphatic rings. The highest BCUT2D eigenvalue weighted by atomic mass is 14.9. The summed E-state index contributed by atoms with van der Waals surface area (Å²) in [5.41, 5.74) is 0.547. The van der Waals surface area contributed by atoms with Gasteiger partial charge in [-0.2, -0.15) is 0 Å². The molecule has 0 aromatic carbocycles. The molecular weight excluding hydrogens is 182 g/mol. The second-order valence-corrected chi connectivity index (χ2v) is 6.01. The van der Waals surface area contributed by atoms with Crippen molar-refractivity contribution in [2.24, 2.45) is 17.3 Å². The summed E-state index contributed by atoms with van der Waals surface area (Å²) in [4.78, 5) is 0. The van der Waals surface area contributed by atoms with Crippen molar-refractivity contribution in [2.45, 2.75) is 59.8 Å². The molecule has 1 fully saturated rings. The lowest BCUT2D eigenvalue weighted by Gasteiger charge is -2.35. The van der Waals surface area contributed by atoms with Crippen LogP contribution in [-0.2, 0) is 0 Å². The van der Waals surface area contributed by atoms with Crippen LogP contribution in [0.4, 0.5) is 0 Å². The Morgan fingerprint density at radius 2 is 1.87 bits per heavy atom. The highest BCUT2D eigenvalue weighted by Gasteiger charge is 2.33. The third kappa shape index (κ3) is 3.79. The lowest BCUT2D eigenvalue weighted by atomic mass is 9.74. The normalized spacial score (nSPS) is 22.2. The maximum Gasteiger partial charge on any atom is 0.000782 e. The molecule has 15 heavy (non-hydrogen) atoms. The lowest BCUT2D eigenvalue weighted by molar-refractivity contribution is 0.172. The number of rotatable bonds is 6. The molecule has 1 atom stereocenters. The Bertz CT molecular complexity index is 170. The maximum atomic E-state index is 3.65. The molecule has 0 aromatic heterocycles. The van der Waals surface area contributed by atoms with Crippen LogP contribution in [-0.4, -0.2) is 13.1 Å². The van der Waals surface area contributed by atoms with Gasteiger partial charge in [0.1, 0.15) is 0 Å². The molecule has 0 aliphatic heterocycles. The molecule has 0 spiro atoms. The predicted molar refractivity (Wildman–Crippen MR) is 68.1 cm³/mol. The van der Waals surface area contributed by atoms with E-state index in [1.54, 1.807) is 0 Å². The Morgan fingerprint density at radius 3 is 2.33 bits per heavy atom. The first-order chi connectivity index (χ1) is 7.08. The van der Waals surface area contributed by atoms with E-state index in [1.807, 2.05) is 0 Å².